The van der Waals surface area contributed by atoms with Gasteiger partial charge in [0.15, 0.2) is 29.3 Å². The first-order chi connectivity index (χ1) is 21.8. The number of anilines is 1. The zero-order valence-electron chi connectivity index (χ0n) is 25.6. The number of imidazole rings is 1. The Hall–Kier alpha value is -4.43. The number of fused-ring (bicyclic) bond motifs is 1. The van der Waals surface area contributed by atoms with Crippen LogP contribution in [-0.4, -0.2) is 105 Å². The van der Waals surface area contributed by atoms with Crippen LogP contribution < -0.4 is 16.0 Å². The zero-order valence-corrected chi connectivity index (χ0v) is 25.6. The Labute approximate surface area is 261 Å². The molecule has 5 N–H and O–H groups in total. The maximum absolute atomic E-state index is 13.3. The molecule has 13 nitrogen and oxygen atoms in total. The molecule has 2 aromatic carbocycles. The SMILES string of the molecule is CCNC(=O)C1OC(n2cnc3c(NCC(c4ccccc4)c4ccccc4)nc(C(=O)NCCCN(C)C)nc32)C(O)C1O. The Balaban J connectivity index is 1.49. The van der Waals surface area contributed by atoms with Crippen molar-refractivity contribution >= 4 is 28.8 Å². The molecule has 0 aliphatic carbocycles. The van der Waals surface area contributed by atoms with E-state index in [2.05, 4.69) is 55.2 Å². The van der Waals surface area contributed by atoms with E-state index in [4.69, 9.17) is 4.74 Å². The Bertz CT molecular complexity index is 1540. The molecular formula is C32H40N8O5. The van der Waals surface area contributed by atoms with Crippen molar-refractivity contribution in [3.63, 3.8) is 0 Å². The van der Waals surface area contributed by atoms with Gasteiger partial charge in [-0.15, -0.1) is 0 Å². The number of likely N-dealkylation sites (N-methyl/N-ethyl adjacent to an activating group) is 1. The molecule has 4 unspecified atom stereocenters. The van der Waals surface area contributed by atoms with Crippen molar-refractivity contribution in [3.8, 4) is 0 Å². The van der Waals surface area contributed by atoms with Crippen molar-refractivity contribution in [2.75, 3.05) is 45.6 Å². The number of nitrogens with zero attached hydrogens (tertiary/aromatic N) is 5. The highest BCUT2D eigenvalue weighted by molar-refractivity contribution is 5.94. The number of aliphatic hydroxyl groups is 2. The molecule has 238 valence electrons. The Kier molecular flexibility index (Phi) is 10.4. The van der Waals surface area contributed by atoms with E-state index in [-0.39, 0.29) is 17.4 Å². The molecule has 0 spiro atoms. The minimum atomic E-state index is -1.48. The second kappa shape index (κ2) is 14.6. The third kappa shape index (κ3) is 7.28. The van der Waals surface area contributed by atoms with Gasteiger partial charge in [0, 0.05) is 25.6 Å². The van der Waals surface area contributed by atoms with Crippen LogP contribution in [-0.2, 0) is 9.53 Å². The summed E-state index contributed by atoms with van der Waals surface area (Å²) in [6.45, 7) is 3.73. The summed E-state index contributed by atoms with van der Waals surface area (Å²) in [5.41, 5.74) is 2.73. The molecule has 13 heteroatoms. The lowest BCUT2D eigenvalue weighted by Gasteiger charge is -2.20. The molecule has 1 saturated heterocycles. The summed E-state index contributed by atoms with van der Waals surface area (Å²) in [6, 6.07) is 20.1. The first-order valence-electron chi connectivity index (χ1n) is 15.1. The minimum Gasteiger partial charge on any atom is -0.387 e. The number of aliphatic hydroxyl groups excluding tert-OH is 2. The number of carbonyl (C=O) groups excluding carboxylic acids is 2. The average molecular weight is 617 g/mol. The molecule has 0 bridgehead atoms. The predicted molar refractivity (Wildman–Crippen MR) is 169 cm³/mol. The van der Waals surface area contributed by atoms with Gasteiger partial charge in [0.25, 0.3) is 11.8 Å². The third-order valence-electron chi connectivity index (χ3n) is 7.69. The molecule has 4 aromatic rings. The number of aromatic nitrogens is 4. The molecular weight excluding hydrogens is 576 g/mol. The van der Waals surface area contributed by atoms with Crippen LogP contribution in [0.2, 0.25) is 0 Å². The van der Waals surface area contributed by atoms with Gasteiger partial charge in [-0.1, -0.05) is 60.7 Å². The van der Waals surface area contributed by atoms with E-state index < -0.39 is 36.4 Å². The predicted octanol–water partition coefficient (Wildman–Crippen LogP) is 1.51. The second-order valence-corrected chi connectivity index (χ2v) is 11.2. The molecule has 0 radical (unpaired) electrons. The van der Waals surface area contributed by atoms with Crippen LogP contribution in [0.25, 0.3) is 11.2 Å². The number of hydrogen-bond donors (Lipinski definition) is 5. The normalized spacial score (nSPS) is 19.7. The monoisotopic (exact) mass is 616 g/mol. The quantitative estimate of drug-likeness (QED) is 0.139. The summed E-state index contributed by atoms with van der Waals surface area (Å²) in [4.78, 5) is 41.4. The summed E-state index contributed by atoms with van der Waals surface area (Å²) in [5, 5.41) is 30.4. The maximum Gasteiger partial charge on any atom is 0.289 e. The lowest BCUT2D eigenvalue weighted by molar-refractivity contribution is -0.137. The van der Waals surface area contributed by atoms with Gasteiger partial charge in [0.1, 0.15) is 12.2 Å². The van der Waals surface area contributed by atoms with Crippen molar-refractivity contribution in [2.24, 2.45) is 0 Å². The molecule has 1 aliphatic heterocycles. The van der Waals surface area contributed by atoms with Crippen LogP contribution >= 0.6 is 0 Å². The maximum atomic E-state index is 13.3. The van der Waals surface area contributed by atoms with Crippen LogP contribution in [0.4, 0.5) is 5.82 Å². The first kappa shape index (κ1) is 32.0. The summed E-state index contributed by atoms with van der Waals surface area (Å²) >= 11 is 0. The van der Waals surface area contributed by atoms with Gasteiger partial charge in [-0.25, -0.2) is 15.0 Å². The Morgan fingerprint density at radius 2 is 1.64 bits per heavy atom. The van der Waals surface area contributed by atoms with Crippen molar-refractivity contribution in [2.45, 2.75) is 43.8 Å². The molecule has 3 heterocycles. The molecule has 2 amide bonds. The summed E-state index contributed by atoms with van der Waals surface area (Å²) < 4.78 is 7.25. The van der Waals surface area contributed by atoms with E-state index in [1.54, 1.807) is 6.92 Å². The van der Waals surface area contributed by atoms with Crippen LogP contribution in [0.15, 0.2) is 67.0 Å². The number of nitrogens with one attached hydrogen (secondary N) is 3. The van der Waals surface area contributed by atoms with Crippen LogP contribution in [0.3, 0.4) is 0 Å². The van der Waals surface area contributed by atoms with E-state index in [1.165, 1.54) is 10.9 Å². The second-order valence-electron chi connectivity index (χ2n) is 11.2. The van der Waals surface area contributed by atoms with Crippen LogP contribution in [0.5, 0.6) is 0 Å². The topological polar surface area (TPSA) is 167 Å². The van der Waals surface area contributed by atoms with Crippen molar-refractivity contribution < 1.29 is 24.5 Å². The number of carbonyl (C=O) groups is 2. The van der Waals surface area contributed by atoms with Gasteiger partial charge >= 0.3 is 0 Å². The molecule has 0 saturated carbocycles. The number of rotatable bonds is 13. The minimum absolute atomic E-state index is 0.0456. The smallest absolute Gasteiger partial charge is 0.289 e. The number of hydrogen-bond acceptors (Lipinski definition) is 10. The highest BCUT2D eigenvalue weighted by Gasteiger charge is 2.47. The van der Waals surface area contributed by atoms with E-state index in [0.717, 1.165) is 24.1 Å². The fraction of sp³-hybridized carbons (Fsp3) is 0.406. The fourth-order valence-electron chi connectivity index (χ4n) is 5.38. The van der Waals surface area contributed by atoms with Gasteiger partial charge < -0.3 is 35.8 Å². The molecule has 45 heavy (non-hydrogen) atoms. The van der Waals surface area contributed by atoms with Crippen molar-refractivity contribution in [1.82, 2.24) is 35.1 Å². The van der Waals surface area contributed by atoms with Crippen LogP contribution in [0.1, 0.15) is 47.2 Å². The molecule has 1 aliphatic rings. The molecule has 5 rings (SSSR count). The average Bonchev–Trinajstić information content (AvgIpc) is 3.60. The van der Waals surface area contributed by atoms with Gasteiger partial charge in [-0.3, -0.25) is 14.2 Å². The molecule has 4 atom stereocenters. The summed E-state index contributed by atoms with van der Waals surface area (Å²) in [5.74, 6) is -0.833. The number of ether oxygens (including phenoxy) is 1. The van der Waals surface area contributed by atoms with Gasteiger partial charge in [-0.05, 0) is 45.1 Å². The van der Waals surface area contributed by atoms with E-state index in [1.807, 2.05) is 55.4 Å². The Morgan fingerprint density at radius 3 is 2.27 bits per heavy atom. The van der Waals surface area contributed by atoms with Crippen molar-refractivity contribution in [3.05, 3.63) is 83.9 Å². The fourth-order valence-corrected chi connectivity index (χ4v) is 5.38. The van der Waals surface area contributed by atoms with Gasteiger partial charge in [0.05, 0.1) is 6.33 Å². The number of amides is 2. The largest absolute Gasteiger partial charge is 0.387 e. The van der Waals surface area contributed by atoms with Gasteiger partial charge in [0.2, 0.25) is 5.82 Å². The number of benzene rings is 2. The van der Waals surface area contributed by atoms with Crippen molar-refractivity contribution in [1.29, 1.82) is 0 Å². The summed E-state index contributed by atoms with van der Waals surface area (Å²) in [7, 11) is 3.92. The Morgan fingerprint density at radius 1 is 0.978 bits per heavy atom. The van der Waals surface area contributed by atoms with E-state index >= 15 is 0 Å². The molecule has 2 aromatic heterocycles. The lowest BCUT2D eigenvalue weighted by atomic mass is 9.91. The zero-order chi connectivity index (χ0) is 31.9. The third-order valence-corrected chi connectivity index (χ3v) is 7.69. The highest BCUT2D eigenvalue weighted by Crippen LogP contribution is 2.33. The van der Waals surface area contributed by atoms with Crippen LogP contribution in [0, 0.1) is 0 Å². The van der Waals surface area contributed by atoms with E-state index in [9.17, 15) is 19.8 Å². The van der Waals surface area contributed by atoms with E-state index in [0.29, 0.717) is 31.0 Å². The molecule has 1 fully saturated rings. The standard InChI is InChI=1S/C32H40N8O5/c1-4-33-30(43)26-24(41)25(42)32(45-26)40-19-36-23-27(37-28(38-29(23)40)31(44)34-16-11-17-39(2)3)35-18-22(20-12-7-5-8-13-20)21-14-9-6-10-15-21/h5-10,12-15,19,22,24-26,32,41-42H,4,11,16-18H2,1-3H3,(H,33,43)(H,34,44)(H,35,37,38). The van der Waals surface area contributed by atoms with Gasteiger partial charge in [-0.2, -0.15) is 0 Å². The highest BCUT2D eigenvalue weighted by atomic mass is 16.6. The first-order valence-corrected chi connectivity index (χ1v) is 15.1. The summed E-state index contributed by atoms with van der Waals surface area (Å²) in [6.07, 6.45) is -3.27. The lowest BCUT2D eigenvalue weighted by Crippen LogP contribution is -2.42.